The maximum atomic E-state index is 9.61. The summed E-state index contributed by atoms with van der Waals surface area (Å²) in [4.78, 5) is 0. The van der Waals surface area contributed by atoms with Gasteiger partial charge in [-0.15, -0.1) is 0 Å². The summed E-state index contributed by atoms with van der Waals surface area (Å²) in [5, 5.41) is 20.0. The van der Waals surface area contributed by atoms with Crippen LogP contribution in [0.4, 0.5) is 0 Å². The quantitative estimate of drug-likeness (QED) is 0.721. The number of aryl methyl sites for hydroxylation is 1. The van der Waals surface area contributed by atoms with Gasteiger partial charge in [-0.05, 0) is 18.6 Å². The molecule has 13 heavy (non-hydrogen) atoms. The van der Waals surface area contributed by atoms with E-state index in [0.717, 1.165) is 10.6 Å². The van der Waals surface area contributed by atoms with Crippen LogP contribution < -0.4 is 0 Å². The summed E-state index contributed by atoms with van der Waals surface area (Å²) in [6, 6.07) is 3.44. The molecule has 0 aliphatic rings. The maximum Gasteiger partial charge on any atom is 0.124 e. The number of rotatable bonds is 2. The van der Waals surface area contributed by atoms with E-state index in [9.17, 15) is 5.11 Å². The molecule has 0 amide bonds. The zero-order chi connectivity index (χ0) is 10.0. The fourth-order valence-corrected chi connectivity index (χ4v) is 1.32. The Morgan fingerprint density at radius 2 is 2.08 bits per heavy atom. The van der Waals surface area contributed by atoms with Gasteiger partial charge in [-0.25, -0.2) is 0 Å². The Balaban J connectivity index is 3.10. The van der Waals surface area contributed by atoms with Crippen LogP contribution in [-0.2, 0) is 6.54 Å². The zero-order valence-corrected chi connectivity index (χ0v) is 8.34. The SMILES string of the molecule is Cc1ccc(Cl)c(CN(C)O)c1O. The van der Waals surface area contributed by atoms with Crippen LogP contribution in [0.2, 0.25) is 5.02 Å². The molecule has 0 bridgehead atoms. The molecular formula is C9H12ClNO2. The molecule has 0 aliphatic heterocycles. The van der Waals surface area contributed by atoms with Crippen LogP contribution in [0.1, 0.15) is 11.1 Å². The monoisotopic (exact) mass is 201 g/mol. The molecule has 0 aliphatic carbocycles. The number of hydrogen-bond acceptors (Lipinski definition) is 3. The maximum absolute atomic E-state index is 9.61. The normalized spacial score (nSPS) is 10.8. The van der Waals surface area contributed by atoms with Crippen molar-refractivity contribution in [2.45, 2.75) is 13.5 Å². The molecular weight excluding hydrogens is 190 g/mol. The number of aromatic hydroxyl groups is 1. The lowest BCUT2D eigenvalue weighted by Crippen LogP contribution is -2.12. The lowest BCUT2D eigenvalue weighted by Gasteiger charge is -2.12. The van der Waals surface area contributed by atoms with Crippen molar-refractivity contribution in [1.29, 1.82) is 0 Å². The number of phenols is 1. The summed E-state index contributed by atoms with van der Waals surface area (Å²) < 4.78 is 0. The van der Waals surface area contributed by atoms with Gasteiger partial charge in [-0.2, -0.15) is 5.06 Å². The lowest BCUT2D eigenvalue weighted by molar-refractivity contribution is -0.0735. The van der Waals surface area contributed by atoms with Crippen LogP contribution in [0.3, 0.4) is 0 Å². The highest BCUT2D eigenvalue weighted by Crippen LogP contribution is 2.29. The predicted octanol–water partition coefficient (Wildman–Crippen LogP) is 2.18. The fourth-order valence-electron chi connectivity index (χ4n) is 1.11. The summed E-state index contributed by atoms with van der Waals surface area (Å²) >= 11 is 5.85. The summed E-state index contributed by atoms with van der Waals surface area (Å²) in [5.41, 5.74) is 1.30. The van der Waals surface area contributed by atoms with Crippen molar-refractivity contribution in [2.24, 2.45) is 0 Å². The predicted molar refractivity (Wildman–Crippen MR) is 51.1 cm³/mol. The van der Waals surface area contributed by atoms with Crippen LogP contribution in [0.25, 0.3) is 0 Å². The molecule has 0 fully saturated rings. The van der Waals surface area contributed by atoms with Gasteiger partial charge in [0.05, 0.1) is 6.54 Å². The second-order valence-electron chi connectivity index (χ2n) is 3.01. The Bertz CT molecular complexity index is 313. The molecule has 0 heterocycles. The second-order valence-corrected chi connectivity index (χ2v) is 3.41. The first-order valence-corrected chi connectivity index (χ1v) is 4.27. The van der Waals surface area contributed by atoms with Gasteiger partial charge >= 0.3 is 0 Å². The lowest BCUT2D eigenvalue weighted by atomic mass is 10.1. The number of benzene rings is 1. The topological polar surface area (TPSA) is 43.7 Å². The first kappa shape index (κ1) is 10.3. The fraction of sp³-hybridized carbons (Fsp3) is 0.333. The molecule has 0 aromatic heterocycles. The number of phenolic OH excluding ortho intramolecular Hbond substituents is 1. The second kappa shape index (κ2) is 3.96. The van der Waals surface area contributed by atoms with E-state index in [0.29, 0.717) is 10.6 Å². The largest absolute Gasteiger partial charge is 0.507 e. The van der Waals surface area contributed by atoms with Crippen molar-refractivity contribution >= 4 is 11.6 Å². The third-order valence-electron chi connectivity index (χ3n) is 1.81. The molecule has 0 unspecified atom stereocenters. The summed E-state index contributed by atoms with van der Waals surface area (Å²) in [6.45, 7) is 2.00. The number of halogens is 1. The van der Waals surface area contributed by atoms with Gasteiger partial charge in [0.25, 0.3) is 0 Å². The van der Waals surface area contributed by atoms with Crippen molar-refractivity contribution in [1.82, 2.24) is 5.06 Å². The molecule has 0 saturated heterocycles. The highest BCUT2D eigenvalue weighted by molar-refractivity contribution is 6.31. The average molecular weight is 202 g/mol. The highest BCUT2D eigenvalue weighted by Gasteiger charge is 2.10. The Kier molecular flexibility index (Phi) is 3.14. The molecule has 1 aromatic carbocycles. The van der Waals surface area contributed by atoms with E-state index in [2.05, 4.69) is 0 Å². The zero-order valence-electron chi connectivity index (χ0n) is 7.58. The Morgan fingerprint density at radius 3 is 2.62 bits per heavy atom. The molecule has 0 spiro atoms. The third kappa shape index (κ3) is 2.34. The molecule has 72 valence electrons. The number of nitrogens with zero attached hydrogens (tertiary/aromatic N) is 1. The van der Waals surface area contributed by atoms with E-state index in [-0.39, 0.29) is 12.3 Å². The van der Waals surface area contributed by atoms with Gasteiger partial charge in [0.2, 0.25) is 0 Å². The summed E-state index contributed by atoms with van der Waals surface area (Å²) in [7, 11) is 1.50. The van der Waals surface area contributed by atoms with Gasteiger partial charge < -0.3 is 10.3 Å². The Labute approximate surface area is 82.1 Å². The van der Waals surface area contributed by atoms with Crippen molar-refractivity contribution in [3.05, 3.63) is 28.3 Å². The van der Waals surface area contributed by atoms with Crippen LogP contribution >= 0.6 is 11.6 Å². The van der Waals surface area contributed by atoms with E-state index >= 15 is 0 Å². The first-order valence-electron chi connectivity index (χ1n) is 3.89. The van der Waals surface area contributed by atoms with Crippen LogP contribution in [0.5, 0.6) is 5.75 Å². The minimum Gasteiger partial charge on any atom is -0.507 e. The van der Waals surface area contributed by atoms with Gasteiger partial charge in [0.1, 0.15) is 5.75 Å². The minimum atomic E-state index is 0.147. The molecule has 1 aromatic rings. The molecule has 2 N–H and O–H groups in total. The average Bonchev–Trinajstić information content (AvgIpc) is 2.05. The van der Waals surface area contributed by atoms with Crippen LogP contribution in [-0.4, -0.2) is 22.4 Å². The molecule has 4 heteroatoms. The van der Waals surface area contributed by atoms with E-state index in [1.165, 1.54) is 7.05 Å². The first-order chi connectivity index (χ1) is 6.02. The van der Waals surface area contributed by atoms with Crippen LogP contribution in [0.15, 0.2) is 12.1 Å². The molecule has 3 nitrogen and oxygen atoms in total. The molecule has 1 rings (SSSR count). The van der Waals surface area contributed by atoms with Gasteiger partial charge in [0.15, 0.2) is 0 Å². The molecule has 0 saturated carbocycles. The third-order valence-corrected chi connectivity index (χ3v) is 2.17. The molecule has 0 radical (unpaired) electrons. The van der Waals surface area contributed by atoms with E-state index in [1.807, 2.05) is 0 Å². The summed E-state index contributed by atoms with van der Waals surface area (Å²) in [6.07, 6.45) is 0. The van der Waals surface area contributed by atoms with Gasteiger partial charge in [-0.1, -0.05) is 17.7 Å². The Morgan fingerprint density at radius 1 is 1.46 bits per heavy atom. The van der Waals surface area contributed by atoms with E-state index < -0.39 is 0 Å². The summed E-state index contributed by atoms with van der Waals surface area (Å²) in [5.74, 6) is 0.147. The smallest absolute Gasteiger partial charge is 0.124 e. The number of hydroxylamine groups is 2. The Hall–Kier alpha value is -0.770. The van der Waals surface area contributed by atoms with Crippen molar-refractivity contribution in [3.63, 3.8) is 0 Å². The van der Waals surface area contributed by atoms with E-state index in [4.69, 9.17) is 16.8 Å². The molecule has 0 atom stereocenters. The number of hydrogen-bond donors (Lipinski definition) is 2. The van der Waals surface area contributed by atoms with Gasteiger partial charge in [-0.3, -0.25) is 0 Å². The standard InChI is InChI=1S/C9H12ClNO2/c1-6-3-4-8(10)7(9(6)12)5-11(2)13/h3-4,12-13H,5H2,1-2H3. The van der Waals surface area contributed by atoms with Crippen molar-refractivity contribution in [3.8, 4) is 5.75 Å². The van der Waals surface area contributed by atoms with Crippen LogP contribution in [0, 0.1) is 6.92 Å². The van der Waals surface area contributed by atoms with Crippen molar-refractivity contribution in [2.75, 3.05) is 7.05 Å². The van der Waals surface area contributed by atoms with Crippen molar-refractivity contribution < 1.29 is 10.3 Å². The van der Waals surface area contributed by atoms with Gasteiger partial charge in [0, 0.05) is 17.6 Å². The highest BCUT2D eigenvalue weighted by atomic mass is 35.5. The van der Waals surface area contributed by atoms with E-state index in [1.54, 1.807) is 19.1 Å². The minimum absolute atomic E-state index is 0.147.